The van der Waals surface area contributed by atoms with Gasteiger partial charge in [-0.1, -0.05) is 32.8 Å². The van der Waals surface area contributed by atoms with E-state index in [1.165, 1.54) is 19.3 Å². The molecule has 0 aromatic heterocycles. The molecule has 0 saturated heterocycles. The molecule has 0 radical (unpaired) electrons. The van der Waals surface area contributed by atoms with E-state index in [0.717, 1.165) is 13.0 Å². The molecular formula is C9H18O. The smallest absolute Gasteiger partial charge is 0.0873 e. The van der Waals surface area contributed by atoms with Gasteiger partial charge in [0.15, 0.2) is 0 Å². The first-order chi connectivity index (χ1) is 4.91. The molecule has 0 aromatic rings. The Morgan fingerprint density at radius 1 is 1.20 bits per heavy atom. The Balaban J connectivity index is 2.83. The van der Waals surface area contributed by atoms with E-state index in [-0.39, 0.29) is 0 Å². The van der Waals surface area contributed by atoms with Crippen LogP contribution in [0.15, 0.2) is 12.3 Å². The van der Waals surface area contributed by atoms with Crippen LogP contribution in [0.1, 0.15) is 39.5 Å². The first-order valence-corrected chi connectivity index (χ1v) is 4.18. The molecule has 1 heteroatoms. The fraction of sp³-hybridized carbons (Fsp3) is 0.778. The predicted molar refractivity (Wildman–Crippen MR) is 44.9 cm³/mol. The Morgan fingerprint density at radius 2 is 2.00 bits per heavy atom. The zero-order chi connectivity index (χ0) is 7.66. The van der Waals surface area contributed by atoms with Gasteiger partial charge in [-0.3, -0.25) is 0 Å². The number of hydrogen-bond acceptors (Lipinski definition) is 1. The van der Waals surface area contributed by atoms with E-state index in [4.69, 9.17) is 4.74 Å². The first kappa shape index (κ1) is 9.54. The SMILES string of the molecule is CC/C=C/OCCCCC. The summed E-state index contributed by atoms with van der Waals surface area (Å²) >= 11 is 0. The third kappa shape index (κ3) is 7.54. The minimum Gasteiger partial charge on any atom is -0.502 e. The van der Waals surface area contributed by atoms with E-state index in [1.807, 2.05) is 6.08 Å². The maximum absolute atomic E-state index is 5.20. The number of unbranched alkanes of at least 4 members (excludes halogenated alkanes) is 2. The van der Waals surface area contributed by atoms with Gasteiger partial charge in [0.05, 0.1) is 12.9 Å². The van der Waals surface area contributed by atoms with E-state index in [2.05, 4.69) is 13.8 Å². The topological polar surface area (TPSA) is 9.23 Å². The highest BCUT2D eigenvalue weighted by molar-refractivity contribution is 4.70. The summed E-state index contributed by atoms with van der Waals surface area (Å²) in [5.74, 6) is 0. The van der Waals surface area contributed by atoms with Crippen molar-refractivity contribution in [3.63, 3.8) is 0 Å². The van der Waals surface area contributed by atoms with Gasteiger partial charge in [0.25, 0.3) is 0 Å². The standard InChI is InChI=1S/C9H18O/c1-3-5-7-9-10-8-6-4-2/h6,8H,3-5,7,9H2,1-2H3/b8-6+. The minimum atomic E-state index is 0.879. The molecule has 0 aliphatic rings. The van der Waals surface area contributed by atoms with Crippen molar-refractivity contribution in [2.75, 3.05) is 6.61 Å². The summed E-state index contributed by atoms with van der Waals surface area (Å²) in [6.45, 7) is 5.18. The summed E-state index contributed by atoms with van der Waals surface area (Å²) in [6.07, 6.45) is 8.63. The lowest BCUT2D eigenvalue weighted by Gasteiger charge is -1.97. The van der Waals surface area contributed by atoms with Crippen molar-refractivity contribution < 1.29 is 4.74 Å². The van der Waals surface area contributed by atoms with Crippen LogP contribution in [-0.4, -0.2) is 6.61 Å². The molecule has 10 heavy (non-hydrogen) atoms. The summed E-state index contributed by atoms with van der Waals surface area (Å²) in [5.41, 5.74) is 0. The van der Waals surface area contributed by atoms with Gasteiger partial charge in [0, 0.05) is 0 Å². The van der Waals surface area contributed by atoms with Gasteiger partial charge in [-0.2, -0.15) is 0 Å². The highest BCUT2D eigenvalue weighted by atomic mass is 16.5. The number of hydrogen-bond donors (Lipinski definition) is 0. The van der Waals surface area contributed by atoms with E-state index in [1.54, 1.807) is 6.26 Å². The van der Waals surface area contributed by atoms with Crippen LogP contribution in [-0.2, 0) is 4.74 Å². The molecule has 0 bridgehead atoms. The second-order valence-corrected chi connectivity index (χ2v) is 2.36. The van der Waals surface area contributed by atoms with Crippen LogP contribution in [0.4, 0.5) is 0 Å². The summed E-state index contributed by atoms with van der Waals surface area (Å²) in [4.78, 5) is 0. The Labute approximate surface area is 64.1 Å². The molecular weight excluding hydrogens is 124 g/mol. The van der Waals surface area contributed by atoms with Crippen molar-refractivity contribution >= 4 is 0 Å². The zero-order valence-electron chi connectivity index (χ0n) is 7.10. The molecule has 0 N–H and O–H groups in total. The van der Waals surface area contributed by atoms with Gasteiger partial charge in [-0.05, 0) is 12.8 Å². The van der Waals surface area contributed by atoms with Crippen LogP contribution in [0, 0.1) is 0 Å². The molecule has 0 amide bonds. The number of rotatable bonds is 6. The first-order valence-electron chi connectivity index (χ1n) is 4.18. The average molecular weight is 142 g/mol. The molecule has 1 nitrogen and oxygen atoms in total. The number of allylic oxidation sites excluding steroid dienone is 1. The lowest BCUT2D eigenvalue weighted by molar-refractivity contribution is 0.240. The van der Waals surface area contributed by atoms with Crippen LogP contribution >= 0.6 is 0 Å². The summed E-state index contributed by atoms with van der Waals surface area (Å²) in [5, 5.41) is 0. The minimum absolute atomic E-state index is 0.879. The quantitative estimate of drug-likeness (QED) is 0.409. The van der Waals surface area contributed by atoms with E-state index >= 15 is 0 Å². The van der Waals surface area contributed by atoms with E-state index in [0.29, 0.717) is 0 Å². The van der Waals surface area contributed by atoms with Gasteiger partial charge in [-0.25, -0.2) is 0 Å². The molecule has 0 saturated carbocycles. The average Bonchev–Trinajstić information content (AvgIpc) is 1.97. The van der Waals surface area contributed by atoms with Crippen LogP contribution in [0.5, 0.6) is 0 Å². The molecule has 60 valence electrons. The van der Waals surface area contributed by atoms with Crippen LogP contribution in [0.25, 0.3) is 0 Å². The van der Waals surface area contributed by atoms with Crippen molar-refractivity contribution in [2.24, 2.45) is 0 Å². The molecule has 0 aliphatic heterocycles. The normalized spacial score (nSPS) is 10.6. The molecule has 0 spiro atoms. The van der Waals surface area contributed by atoms with Crippen molar-refractivity contribution in [3.8, 4) is 0 Å². The Hall–Kier alpha value is -0.460. The summed E-state index contributed by atoms with van der Waals surface area (Å²) in [7, 11) is 0. The molecule has 0 heterocycles. The second-order valence-electron chi connectivity index (χ2n) is 2.36. The zero-order valence-corrected chi connectivity index (χ0v) is 7.10. The van der Waals surface area contributed by atoms with Gasteiger partial charge in [0.2, 0.25) is 0 Å². The highest BCUT2D eigenvalue weighted by Crippen LogP contribution is 1.94. The van der Waals surface area contributed by atoms with Crippen LogP contribution in [0.3, 0.4) is 0 Å². The monoisotopic (exact) mass is 142 g/mol. The molecule has 0 atom stereocenters. The fourth-order valence-corrected chi connectivity index (χ4v) is 0.668. The number of ether oxygens (including phenoxy) is 1. The van der Waals surface area contributed by atoms with Gasteiger partial charge in [0.1, 0.15) is 0 Å². The molecule has 0 aliphatic carbocycles. The Kier molecular flexibility index (Phi) is 8.15. The van der Waals surface area contributed by atoms with Crippen molar-refractivity contribution in [1.29, 1.82) is 0 Å². The van der Waals surface area contributed by atoms with Crippen LogP contribution < -0.4 is 0 Å². The Morgan fingerprint density at radius 3 is 2.60 bits per heavy atom. The van der Waals surface area contributed by atoms with Crippen molar-refractivity contribution in [2.45, 2.75) is 39.5 Å². The van der Waals surface area contributed by atoms with Gasteiger partial charge < -0.3 is 4.74 Å². The van der Waals surface area contributed by atoms with Gasteiger partial charge in [-0.15, -0.1) is 0 Å². The lowest BCUT2D eigenvalue weighted by Crippen LogP contribution is -1.85. The van der Waals surface area contributed by atoms with E-state index < -0.39 is 0 Å². The second kappa shape index (κ2) is 8.54. The van der Waals surface area contributed by atoms with Crippen molar-refractivity contribution in [1.82, 2.24) is 0 Å². The van der Waals surface area contributed by atoms with Crippen LogP contribution in [0.2, 0.25) is 0 Å². The van der Waals surface area contributed by atoms with Crippen molar-refractivity contribution in [3.05, 3.63) is 12.3 Å². The molecule has 0 unspecified atom stereocenters. The Bertz CT molecular complexity index is 76.8. The third-order valence-corrected chi connectivity index (χ3v) is 1.29. The largest absolute Gasteiger partial charge is 0.502 e. The fourth-order valence-electron chi connectivity index (χ4n) is 0.668. The van der Waals surface area contributed by atoms with Gasteiger partial charge >= 0.3 is 0 Å². The third-order valence-electron chi connectivity index (χ3n) is 1.29. The maximum Gasteiger partial charge on any atom is 0.0873 e. The summed E-state index contributed by atoms with van der Waals surface area (Å²) in [6, 6.07) is 0. The molecule has 0 rings (SSSR count). The molecule has 0 aromatic carbocycles. The maximum atomic E-state index is 5.20. The highest BCUT2D eigenvalue weighted by Gasteiger charge is 1.82. The predicted octanol–water partition coefficient (Wildman–Crippen LogP) is 3.12. The summed E-state index contributed by atoms with van der Waals surface area (Å²) < 4.78 is 5.20. The van der Waals surface area contributed by atoms with E-state index in [9.17, 15) is 0 Å². The lowest BCUT2D eigenvalue weighted by atomic mass is 10.3. The molecule has 0 fully saturated rings.